The van der Waals surface area contributed by atoms with Crippen LogP contribution in [0.5, 0.6) is 0 Å². The summed E-state index contributed by atoms with van der Waals surface area (Å²) in [5.74, 6) is 0.715. The SMILES string of the molecule is O=C(NCC1CCN(S(=O)(=O)c2cccc3ccccc23)CC1)C1CCCCC1. The quantitative estimate of drug-likeness (QED) is 0.806. The van der Waals surface area contributed by atoms with Crippen molar-refractivity contribution in [3.05, 3.63) is 42.5 Å². The van der Waals surface area contributed by atoms with Crippen molar-refractivity contribution in [1.82, 2.24) is 9.62 Å². The van der Waals surface area contributed by atoms with E-state index in [0.717, 1.165) is 49.3 Å². The Morgan fingerprint density at radius 3 is 2.38 bits per heavy atom. The third kappa shape index (κ3) is 4.48. The molecule has 0 radical (unpaired) electrons. The van der Waals surface area contributed by atoms with Crippen molar-refractivity contribution in [1.29, 1.82) is 0 Å². The molecule has 29 heavy (non-hydrogen) atoms. The lowest BCUT2D eigenvalue weighted by Crippen LogP contribution is -2.42. The third-order valence-electron chi connectivity index (χ3n) is 6.48. The number of nitrogens with one attached hydrogen (secondary N) is 1. The maximum Gasteiger partial charge on any atom is 0.243 e. The summed E-state index contributed by atoms with van der Waals surface area (Å²) in [6.45, 7) is 1.68. The average molecular weight is 415 g/mol. The van der Waals surface area contributed by atoms with Crippen molar-refractivity contribution < 1.29 is 13.2 Å². The summed E-state index contributed by atoms with van der Waals surface area (Å²) in [5, 5.41) is 4.84. The second-order valence-electron chi connectivity index (χ2n) is 8.40. The maximum absolute atomic E-state index is 13.2. The number of carbonyl (C=O) groups excluding carboxylic acids is 1. The molecule has 1 saturated heterocycles. The molecule has 6 heteroatoms. The zero-order valence-corrected chi connectivity index (χ0v) is 17.7. The van der Waals surface area contributed by atoms with E-state index in [4.69, 9.17) is 0 Å². The van der Waals surface area contributed by atoms with E-state index < -0.39 is 10.0 Å². The summed E-state index contributed by atoms with van der Waals surface area (Å²) < 4.78 is 28.1. The lowest BCUT2D eigenvalue weighted by molar-refractivity contribution is -0.126. The van der Waals surface area contributed by atoms with Gasteiger partial charge in [-0.3, -0.25) is 4.79 Å². The molecule has 0 bridgehead atoms. The summed E-state index contributed by atoms with van der Waals surface area (Å²) in [7, 11) is -3.51. The molecule has 2 fully saturated rings. The minimum atomic E-state index is -3.51. The highest BCUT2D eigenvalue weighted by atomic mass is 32.2. The van der Waals surface area contributed by atoms with Crippen LogP contribution in [0.15, 0.2) is 47.4 Å². The molecular weight excluding hydrogens is 384 g/mol. The van der Waals surface area contributed by atoms with E-state index in [-0.39, 0.29) is 11.8 Å². The predicted molar refractivity (Wildman–Crippen MR) is 115 cm³/mol. The zero-order valence-electron chi connectivity index (χ0n) is 16.8. The van der Waals surface area contributed by atoms with Crippen LogP contribution in [0, 0.1) is 11.8 Å². The molecule has 0 spiro atoms. The van der Waals surface area contributed by atoms with Gasteiger partial charge < -0.3 is 5.32 Å². The van der Waals surface area contributed by atoms with Gasteiger partial charge in [-0.05, 0) is 43.1 Å². The number of hydrogen-bond acceptors (Lipinski definition) is 3. The second-order valence-corrected chi connectivity index (χ2v) is 10.3. The minimum absolute atomic E-state index is 0.176. The normalized spacial score (nSPS) is 20.0. The number of hydrogen-bond donors (Lipinski definition) is 1. The zero-order chi connectivity index (χ0) is 20.3. The monoisotopic (exact) mass is 414 g/mol. The molecule has 1 aliphatic carbocycles. The molecule has 2 aromatic rings. The first-order chi connectivity index (χ1) is 14.1. The van der Waals surface area contributed by atoms with E-state index in [9.17, 15) is 13.2 Å². The summed E-state index contributed by atoms with van der Waals surface area (Å²) in [4.78, 5) is 12.7. The fraction of sp³-hybridized carbons (Fsp3) is 0.522. The van der Waals surface area contributed by atoms with Gasteiger partial charge in [0.25, 0.3) is 0 Å². The average Bonchev–Trinajstić information content (AvgIpc) is 2.78. The van der Waals surface area contributed by atoms with Crippen molar-refractivity contribution in [2.45, 2.75) is 49.8 Å². The van der Waals surface area contributed by atoms with Crippen molar-refractivity contribution in [3.63, 3.8) is 0 Å². The van der Waals surface area contributed by atoms with E-state index in [2.05, 4.69) is 5.32 Å². The van der Waals surface area contributed by atoms with Crippen LogP contribution in [0.1, 0.15) is 44.9 Å². The fourth-order valence-corrected chi connectivity index (χ4v) is 6.35. The van der Waals surface area contributed by atoms with Gasteiger partial charge in [-0.25, -0.2) is 8.42 Å². The molecule has 0 aromatic heterocycles. The number of sulfonamides is 1. The summed E-state index contributed by atoms with van der Waals surface area (Å²) in [5.41, 5.74) is 0. The van der Waals surface area contributed by atoms with Gasteiger partial charge in [0.15, 0.2) is 0 Å². The Bertz CT molecular complexity index is 954. The van der Waals surface area contributed by atoms with Crippen molar-refractivity contribution in [3.8, 4) is 0 Å². The van der Waals surface area contributed by atoms with E-state index in [1.165, 1.54) is 6.42 Å². The number of benzene rings is 2. The fourth-order valence-electron chi connectivity index (χ4n) is 4.67. The van der Waals surface area contributed by atoms with Gasteiger partial charge in [-0.1, -0.05) is 55.7 Å². The smallest absolute Gasteiger partial charge is 0.243 e. The van der Waals surface area contributed by atoms with Gasteiger partial charge in [0, 0.05) is 30.9 Å². The van der Waals surface area contributed by atoms with Gasteiger partial charge in [-0.2, -0.15) is 4.31 Å². The van der Waals surface area contributed by atoms with Crippen LogP contribution in [0.25, 0.3) is 10.8 Å². The van der Waals surface area contributed by atoms with E-state index in [0.29, 0.717) is 30.4 Å². The molecule has 1 aliphatic heterocycles. The van der Waals surface area contributed by atoms with Crippen LogP contribution in [0.3, 0.4) is 0 Å². The molecule has 1 N–H and O–H groups in total. The Kier molecular flexibility index (Phi) is 6.20. The maximum atomic E-state index is 13.2. The lowest BCUT2D eigenvalue weighted by atomic mass is 9.88. The second kappa shape index (κ2) is 8.84. The van der Waals surface area contributed by atoms with Gasteiger partial charge in [0.2, 0.25) is 15.9 Å². The number of carbonyl (C=O) groups is 1. The van der Waals surface area contributed by atoms with Crippen molar-refractivity contribution in [2.75, 3.05) is 19.6 Å². The van der Waals surface area contributed by atoms with Crippen molar-refractivity contribution in [2.24, 2.45) is 11.8 Å². The number of rotatable bonds is 5. The highest BCUT2D eigenvalue weighted by molar-refractivity contribution is 7.89. The third-order valence-corrected chi connectivity index (χ3v) is 8.44. The highest BCUT2D eigenvalue weighted by Gasteiger charge is 2.31. The van der Waals surface area contributed by atoms with Crippen LogP contribution < -0.4 is 5.32 Å². The molecule has 5 nitrogen and oxygen atoms in total. The van der Waals surface area contributed by atoms with Gasteiger partial charge in [0.05, 0.1) is 4.90 Å². The van der Waals surface area contributed by atoms with Gasteiger partial charge >= 0.3 is 0 Å². The first-order valence-electron chi connectivity index (χ1n) is 10.8. The summed E-state index contributed by atoms with van der Waals surface area (Å²) >= 11 is 0. The van der Waals surface area contributed by atoms with Gasteiger partial charge in [0.1, 0.15) is 0 Å². The Morgan fingerprint density at radius 1 is 0.931 bits per heavy atom. The van der Waals surface area contributed by atoms with Crippen LogP contribution in [0.2, 0.25) is 0 Å². The summed E-state index contributed by atoms with van der Waals surface area (Å²) in [6.07, 6.45) is 7.14. The van der Waals surface area contributed by atoms with E-state index in [1.807, 2.05) is 36.4 Å². The predicted octanol–water partition coefficient (Wildman–Crippen LogP) is 3.94. The minimum Gasteiger partial charge on any atom is -0.356 e. The van der Waals surface area contributed by atoms with Crippen LogP contribution in [-0.2, 0) is 14.8 Å². The lowest BCUT2D eigenvalue weighted by Gasteiger charge is -2.32. The first-order valence-corrected chi connectivity index (χ1v) is 12.3. The molecule has 1 saturated carbocycles. The number of piperidine rings is 1. The molecule has 156 valence electrons. The van der Waals surface area contributed by atoms with E-state index >= 15 is 0 Å². The standard InChI is InChI=1S/C23H30N2O3S/c26-23(20-8-2-1-3-9-20)24-17-18-13-15-25(16-14-18)29(27,28)22-12-6-10-19-7-4-5-11-21(19)22/h4-7,10-12,18,20H,1-3,8-9,13-17H2,(H,24,26). The Morgan fingerprint density at radius 2 is 1.62 bits per heavy atom. The molecule has 2 aliphatic rings. The molecule has 4 rings (SSSR count). The molecule has 1 heterocycles. The Balaban J connectivity index is 1.35. The topological polar surface area (TPSA) is 66.5 Å². The Hall–Kier alpha value is -1.92. The largest absolute Gasteiger partial charge is 0.356 e. The molecule has 2 aromatic carbocycles. The number of fused-ring (bicyclic) bond motifs is 1. The highest BCUT2D eigenvalue weighted by Crippen LogP contribution is 2.29. The van der Waals surface area contributed by atoms with Crippen LogP contribution >= 0.6 is 0 Å². The first kappa shape index (κ1) is 20.4. The molecular formula is C23H30N2O3S. The van der Waals surface area contributed by atoms with Crippen LogP contribution in [-0.4, -0.2) is 38.3 Å². The molecule has 0 atom stereocenters. The molecule has 1 amide bonds. The number of nitrogens with zero attached hydrogens (tertiary/aromatic N) is 1. The van der Waals surface area contributed by atoms with Crippen molar-refractivity contribution >= 4 is 26.7 Å². The van der Waals surface area contributed by atoms with Crippen LogP contribution in [0.4, 0.5) is 0 Å². The van der Waals surface area contributed by atoms with Gasteiger partial charge in [-0.15, -0.1) is 0 Å². The summed E-state index contributed by atoms with van der Waals surface area (Å²) in [6, 6.07) is 13.1. The Labute approximate surface area is 173 Å². The van der Waals surface area contributed by atoms with E-state index in [1.54, 1.807) is 10.4 Å². The molecule has 0 unspecified atom stereocenters. The number of amides is 1.